The molecule has 0 aliphatic heterocycles. The van der Waals surface area contributed by atoms with Gasteiger partial charge in [0.2, 0.25) is 0 Å². The number of rotatable bonds is 4. The molecule has 214 valence electrons. The molecular weight excluding hydrogens is 549 g/mol. The van der Waals surface area contributed by atoms with Crippen molar-refractivity contribution in [3.63, 3.8) is 0 Å². The van der Waals surface area contributed by atoms with E-state index < -0.39 is 10.0 Å². The highest BCUT2D eigenvalue weighted by Gasteiger charge is 2.21. The van der Waals surface area contributed by atoms with Crippen LogP contribution in [0.2, 0.25) is 0 Å². The van der Waals surface area contributed by atoms with Crippen LogP contribution in [0, 0.1) is 0 Å². The Labute approximate surface area is 261 Å². The monoisotopic (exact) mass is 584 g/mol. The van der Waals surface area contributed by atoms with Crippen LogP contribution in [-0.4, -0.2) is 18.8 Å². The van der Waals surface area contributed by atoms with Gasteiger partial charge in [0.15, 0.2) is 0 Å². The molecule has 7 aromatic rings. The lowest BCUT2D eigenvalue weighted by Gasteiger charge is -2.27. The van der Waals surface area contributed by atoms with Crippen molar-refractivity contribution in [2.75, 3.05) is 18.8 Å². The molecule has 7 aromatic carbocycles. The molecule has 0 spiro atoms. The van der Waals surface area contributed by atoms with E-state index in [1.165, 1.54) is 81.4 Å². The Kier molecular flexibility index (Phi) is 6.47. The summed E-state index contributed by atoms with van der Waals surface area (Å²) in [5.74, 6) is 0. The van der Waals surface area contributed by atoms with Gasteiger partial charge >= 0.3 is 0 Å². The third-order valence-corrected chi connectivity index (χ3v) is 10.9. The lowest BCUT2D eigenvalue weighted by molar-refractivity contribution is 1.04. The Bertz CT molecular complexity index is 2310. The van der Waals surface area contributed by atoms with Gasteiger partial charge in [-0.25, -0.2) is 10.0 Å². The molecule has 1 aliphatic rings. The van der Waals surface area contributed by atoms with Gasteiger partial charge in [-0.3, -0.25) is 0 Å². The van der Waals surface area contributed by atoms with Crippen LogP contribution in [0.5, 0.6) is 0 Å². The highest BCUT2D eigenvalue weighted by molar-refractivity contribution is 8.32. The molecule has 8 rings (SSSR count). The first-order chi connectivity index (χ1) is 21.5. The second-order valence-electron chi connectivity index (χ2n) is 12.7. The Morgan fingerprint density at radius 1 is 0.477 bits per heavy atom. The van der Waals surface area contributed by atoms with Crippen molar-refractivity contribution >= 4 is 58.7 Å². The summed E-state index contributed by atoms with van der Waals surface area (Å²) in [5.41, 5.74) is 7.88. The van der Waals surface area contributed by atoms with Crippen LogP contribution in [0.4, 0.5) is 0 Å². The molecule has 0 saturated carbocycles. The fourth-order valence-electron chi connectivity index (χ4n) is 7.07. The third-order valence-electron chi connectivity index (χ3n) is 9.24. The molecule has 0 amide bonds. The van der Waals surface area contributed by atoms with E-state index in [1.54, 1.807) is 0 Å². The zero-order valence-corrected chi connectivity index (χ0v) is 26.4. The molecule has 0 aromatic heterocycles. The normalized spacial score (nSPS) is 14.0. The molecule has 0 N–H and O–H groups in total. The first-order valence-corrected chi connectivity index (χ1v) is 18.4. The Hall–Kier alpha value is -4.59. The first-order valence-electron chi connectivity index (χ1n) is 15.5. The van der Waals surface area contributed by atoms with Gasteiger partial charge in [0, 0.05) is 0 Å². The van der Waals surface area contributed by atoms with Gasteiger partial charge in [-0.1, -0.05) is 121 Å². The second-order valence-corrected chi connectivity index (χ2v) is 16.9. The fourth-order valence-corrected chi connectivity index (χ4v) is 8.01. The Morgan fingerprint density at radius 2 is 1.11 bits per heavy atom. The average Bonchev–Trinajstić information content (AvgIpc) is 3.06. The molecule has 0 bridgehead atoms. The van der Waals surface area contributed by atoms with E-state index in [2.05, 4.69) is 158 Å². The zero-order chi connectivity index (χ0) is 29.8. The van der Waals surface area contributed by atoms with Crippen LogP contribution < -0.4 is 0 Å². The van der Waals surface area contributed by atoms with Crippen LogP contribution in [-0.2, 0) is 0 Å². The maximum atomic E-state index is 2.51. The van der Waals surface area contributed by atoms with Crippen LogP contribution >= 0.6 is 10.0 Å². The van der Waals surface area contributed by atoms with Crippen LogP contribution in [0.1, 0.15) is 18.4 Å². The molecule has 0 radical (unpaired) electrons. The highest BCUT2D eigenvalue weighted by Crippen LogP contribution is 2.51. The summed E-state index contributed by atoms with van der Waals surface area (Å²) < 4.78 is 0. The maximum Gasteiger partial charge on any atom is -0.00197 e. The van der Waals surface area contributed by atoms with Crippen molar-refractivity contribution < 1.29 is 0 Å². The van der Waals surface area contributed by atoms with E-state index in [-0.39, 0.29) is 0 Å². The third kappa shape index (κ3) is 4.46. The summed E-state index contributed by atoms with van der Waals surface area (Å²) in [6.07, 6.45) is 16.4. The van der Waals surface area contributed by atoms with Crippen molar-refractivity contribution in [1.82, 2.24) is 0 Å². The lowest BCUT2D eigenvalue weighted by Crippen LogP contribution is -1.96. The van der Waals surface area contributed by atoms with Gasteiger partial charge in [0.25, 0.3) is 0 Å². The molecular formula is C43H36S. The Morgan fingerprint density at radius 3 is 1.84 bits per heavy atom. The fraction of sp³-hybridized carbons (Fsp3) is 0.116. The molecule has 0 nitrogen and oxygen atoms in total. The van der Waals surface area contributed by atoms with E-state index >= 15 is 0 Å². The number of fused-ring (bicyclic) bond motifs is 4. The molecule has 1 aliphatic carbocycles. The van der Waals surface area contributed by atoms with Crippen molar-refractivity contribution in [3.8, 4) is 22.3 Å². The number of benzene rings is 7. The maximum absolute atomic E-state index is 2.51. The number of hydrogen-bond donors (Lipinski definition) is 0. The molecule has 0 unspecified atom stereocenters. The van der Waals surface area contributed by atoms with Crippen molar-refractivity contribution in [2.45, 2.75) is 17.7 Å². The molecule has 1 heteroatoms. The van der Waals surface area contributed by atoms with Gasteiger partial charge in [0.05, 0.1) is 0 Å². The van der Waals surface area contributed by atoms with E-state index in [9.17, 15) is 0 Å². The summed E-state index contributed by atoms with van der Waals surface area (Å²) >= 11 is 0. The molecule has 44 heavy (non-hydrogen) atoms. The minimum Gasteiger partial charge on any atom is -0.223 e. The second kappa shape index (κ2) is 10.5. The Balaban J connectivity index is 1.51. The number of hydrogen-bond acceptors (Lipinski definition) is 0. The highest BCUT2D eigenvalue weighted by atomic mass is 32.3. The SMILES string of the molecule is CS(C)(C)c1ccc2c(-c3ccc4ccccc4c3)c3ccccc3c(-c3ccc(C4=CCCC=C4)c4ccccc34)c2c1. The zero-order valence-electron chi connectivity index (χ0n) is 25.6. The summed E-state index contributed by atoms with van der Waals surface area (Å²) in [6.45, 7) is 0. The summed E-state index contributed by atoms with van der Waals surface area (Å²) in [4.78, 5) is 1.43. The molecule has 0 atom stereocenters. The first kappa shape index (κ1) is 27.0. The molecule has 0 fully saturated rings. The summed E-state index contributed by atoms with van der Waals surface area (Å²) in [6, 6.07) is 45.7. The predicted octanol–water partition coefficient (Wildman–Crippen LogP) is 12.4. The number of allylic oxidation sites excluding steroid dienone is 4. The van der Waals surface area contributed by atoms with Crippen LogP contribution in [0.15, 0.2) is 144 Å². The van der Waals surface area contributed by atoms with Gasteiger partial charge in [-0.2, -0.15) is 0 Å². The average molecular weight is 585 g/mol. The summed E-state index contributed by atoms with van der Waals surface area (Å²) in [5, 5.41) is 10.4. The standard InChI is InChI=1S/C43H36S/c1-44(2,3)33-23-24-40-41(28-33)43(39-26-25-34(30-14-5-4-6-15-30)35-17-9-10-18-36(35)39)38-20-12-11-19-37(38)42(40)32-22-21-29-13-7-8-16-31(29)27-32/h5,7-28H,4,6H2,1-3H3. The molecule has 0 saturated heterocycles. The largest absolute Gasteiger partial charge is 0.223 e. The predicted molar refractivity (Wildman–Crippen MR) is 197 cm³/mol. The lowest BCUT2D eigenvalue weighted by atomic mass is 9.83. The van der Waals surface area contributed by atoms with Gasteiger partial charge in [0.1, 0.15) is 0 Å². The van der Waals surface area contributed by atoms with Gasteiger partial charge in [-0.15, -0.1) is 0 Å². The van der Waals surface area contributed by atoms with E-state index in [4.69, 9.17) is 0 Å². The van der Waals surface area contributed by atoms with Gasteiger partial charge in [-0.05, 0) is 131 Å². The van der Waals surface area contributed by atoms with Crippen LogP contribution in [0.25, 0.3) is 70.9 Å². The molecule has 0 heterocycles. The van der Waals surface area contributed by atoms with Crippen molar-refractivity contribution in [3.05, 3.63) is 145 Å². The van der Waals surface area contributed by atoms with Crippen molar-refractivity contribution in [2.24, 2.45) is 0 Å². The quantitative estimate of drug-likeness (QED) is 0.181. The van der Waals surface area contributed by atoms with E-state index in [1.807, 2.05) is 0 Å². The summed E-state index contributed by atoms with van der Waals surface area (Å²) in [7, 11) is -0.932. The van der Waals surface area contributed by atoms with Gasteiger partial charge < -0.3 is 0 Å². The van der Waals surface area contributed by atoms with Crippen LogP contribution in [0.3, 0.4) is 0 Å². The minimum atomic E-state index is -0.932. The topological polar surface area (TPSA) is 0 Å². The smallest absolute Gasteiger partial charge is 0.00197 e. The minimum absolute atomic E-state index is 0.932. The van der Waals surface area contributed by atoms with E-state index in [0.29, 0.717) is 0 Å². The van der Waals surface area contributed by atoms with E-state index in [0.717, 1.165) is 12.8 Å². The van der Waals surface area contributed by atoms with Crippen molar-refractivity contribution in [1.29, 1.82) is 0 Å².